The Morgan fingerprint density at radius 1 is 1.09 bits per heavy atom. The number of methoxy groups -OCH3 is 1. The summed E-state index contributed by atoms with van der Waals surface area (Å²) in [5.41, 5.74) is 3.81. The molecular formula is C19H22N2O. The summed E-state index contributed by atoms with van der Waals surface area (Å²) in [7, 11) is 3.71. The number of H-pyrrole nitrogens is 1. The summed E-state index contributed by atoms with van der Waals surface area (Å²) in [5.74, 6) is 1.27. The van der Waals surface area contributed by atoms with Gasteiger partial charge >= 0.3 is 0 Å². The van der Waals surface area contributed by atoms with Crippen molar-refractivity contribution < 1.29 is 4.74 Å². The molecule has 0 aliphatic rings. The summed E-state index contributed by atoms with van der Waals surface area (Å²) in [6.07, 6.45) is 3.04. The van der Waals surface area contributed by atoms with Crippen molar-refractivity contribution in [2.24, 2.45) is 0 Å². The third kappa shape index (κ3) is 3.00. The van der Waals surface area contributed by atoms with Crippen LogP contribution in [-0.2, 0) is 0 Å². The van der Waals surface area contributed by atoms with Gasteiger partial charge in [0.05, 0.1) is 7.11 Å². The van der Waals surface area contributed by atoms with E-state index in [1.54, 1.807) is 7.11 Å². The van der Waals surface area contributed by atoms with Crippen LogP contribution in [-0.4, -0.2) is 25.7 Å². The molecule has 2 N–H and O–H groups in total. The fourth-order valence-corrected chi connectivity index (χ4v) is 2.95. The monoisotopic (exact) mass is 294 g/mol. The number of nitrogens with one attached hydrogen (secondary N) is 2. The van der Waals surface area contributed by atoms with E-state index in [9.17, 15) is 0 Å². The maximum atomic E-state index is 5.38. The van der Waals surface area contributed by atoms with E-state index >= 15 is 0 Å². The molecule has 22 heavy (non-hydrogen) atoms. The van der Waals surface area contributed by atoms with Gasteiger partial charge in [-0.25, -0.2) is 0 Å². The zero-order valence-corrected chi connectivity index (χ0v) is 13.1. The normalized spacial score (nSPS) is 12.5. The van der Waals surface area contributed by atoms with Crippen LogP contribution in [0.15, 0.2) is 54.7 Å². The summed E-state index contributed by atoms with van der Waals surface area (Å²) in [6, 6.07) is 17.2. The predicted molar refractivity (Wildman–Crippen MR) is 91.7 cm³/mol. The van der Waals surface area contributed by atoms with Crippen LogP contribution >= 0.6 is 0 Å². The second kappa shape index (κ2) is 6.67. The van der Waals surface area contributed by atoms with E-state index in [1.807, 2.05) is 19.3 Å². The Kier molecular flexibility index (Phi) is 4.45. The number of fused-ring (bicyclic) bond motifs is 1. The molecule has 3 nitrogen and oxygen atoms in total. The molecule has 3 aromatic rings. The van der Waals surface area contributed by atoms with E-state index in [-0.39, 0.29) is 0 Å². The standard InChI is InChI=1S/C19H22N2O/c1-20-10-9-18(15-4-3-5-17(12-15)22-2)16-7-6-14-8-11-21-19(14)13-16/h3-8,11-13,18,20-21H,9-10H2,1-2H3. The lowest BCUT2D eigenvalue weighted by molar-refractivity contribution is 0.414. The van der Waals surface area contributed by atoms with E-state index in [0.29, 0.717) is 5.92 Å². The number of hydrogen-bond donors (Lipinski definition) is 2. The van der Waals surface area contributed by atoms with Crippen molar-refractivity contribution in [2.75, 3.05) is 20.7 Å². The number of hydrogen-bond acceptors (Lipinski definition) is 2. The number of ether oxygens (including phenoxy) is 1. The lowest BCUT2D eigenvalue weighted by atomic mass is 9.88. The molecule has 0 saturated carbocycles. The Hall–Kier alpha value is -2.26. The molecule has 1 aromatic heterocycles. The maximum Gasteiger partial charge on any atom is 0.119 e. The van der Waals surface area contributed by atoms with Gasteiger partial charge < -0.3 is 15.0 Å². The predicted octanol–water partition coefficient (Wildman–Crippen LogP) is 3.92. The van der Waals surface area contributed by atoms with Crippen molar-refractivity contribution >= 4 is 10.9 Å². The Labute approximate surface area is 131 Å². The molecule has 0 amide bonds. The average molecular weight is 294 g/mol. The third-order valence-electron chi connectivity index (χ3n) is 4.16. The SMILES string of the molecule is CNCCC(c1cccc(OC)c1)c1ccc2cc[nH]c2c1. The van der Waals surface area contributed by atoms with Crippen LogP contribution in [0.1, 0.15) is 23.5 Å². The summed E-state index contributed by atoms with van der Waals surface area (Å²) in [5, 5.41) is 4.51. The van der Waals surface area contributed by atoms with Gasteiger partial charge in [0.25, 0.3) is 0 Å². The van der Waals surface area contributed by atoms with Gasteiger partial charge in [-0.05, 0) is 60.8 Å². The first-order valence-corrected chi connectivity index (χ1v) is 7.67. The molecule has 1 atom stereocenters. The quantitative estimate of drug-likeness (QED) is 0.723. The van der Waals surface area contributed by atoms with Crippen molar-refractivity contribution in [1.82, 2.24) is 10.3 Å². The molecule has 0 saturated heterocycles. The van der Waals surface area contributed by atoms with Gasteiger partial charge in [0.1, 0.15) is 5.75 Å². The minimum absolute atomic E-state index is 0.357. The second-order valence-electron chi connectivity index (χ2n) is 5.55. The van der Waals surface area contributed by atoms with Crippen LogP contribution in [0.5, 0.6) is 5.75 Å². The first-order valence-electron chi connectivity index (χ1n) is 7.67. The first-order chi connectivity index (χ1) is 10.8. The van der Waals surface area contributed by atoms with Gasteiger partial charge in [-0.15, -0.1) is 0 Å². The fraction of sp³-hybridized carbons (Fsp3) is 0.263. The van der Waals surface area contributed by atoms with Crippen LogP contribution in [0.2, 0.25) is 0 Å². The smallest absolute Gasteiger partial charge is 0.119 e. The van der Waals surface area contributed by atoms with Crippen molar-refractivity contribution in [2.45, 2.75) is 12.3 Å². The highest BCUT2D eigenvalue weighted by molar-refractivity contribution is 5.80. The molecule has 0 aliphatic carbocycles. The highest BCUT2D eigenvalue weighted by Gasteiger charge is 2.15. The van der Waals surface area contributed by atoms with Gasteiger partial charge in [0.15, 0.2) is 0 Å². The van der Waals surface area contributed by atoms with Crippen molar-refractivity contribution in [3.8, 4) is 5.75 Å². The van der Waals surface area contributed by atoms with Gasteiger partial charge in [0.2, 0.25) is 0 Å². The van der Waals surface area contributed by atoms with Crippen LogP contribution in [0.25, 0.3) is 10.9 Å². The summed E-state index contributed by atoms with van der Waals surface area (Å²) >= 11 is 0. The molecule has 1 unspecified atom stereocenters. The molecule has 0 fully saturated rings. The van der Waals surface area contributed by atoms with Crippen molar-refractivity contribution in [3.05, 3.63) is 65.9 Å². The molecule has 0 radical (unpaired) electrons. The van der Waals surface area contributed by atoms with E-state index in [0.717, 1.165) is 18.7 Å². The molecular weight excluding hydrogens is 272 g/mol. The van der Waals surface area contributed by atoms with Crippen LogP contribution in [0.3, 0.4) is 0 Å². The zero-order chi connectivity index (χ0) is 15.4. The second-order valence-corrected chi connectivity index (χ2v) is 5.55. The fourth-order valence-electron chi connectivity index (χ4n) is 2.95. The molecule has 3 rings (SSSR count). The zero-order valence-electron chi connectivity index (χ0n) is 13.1. The molecule has 3 heteroatoms. The lowest BCUT2D eigenvalue weighted by Gasteiger charge is -2.19. The van der Waals surface area contributed by atoms with Crippen molar-refractivity contribution in [3.63, 3.8) is 0 Å². The summed E-state index contributed by atoms with van der Waals surface area (Å²) in [4.78, 5) is 3.30. The average Bonchev–Trinajstić information content (AvgIpc) is 3.03. The minimum atomic E-state index is 0.357. The Morgan fingerprint density at radius 3 is 2.77 bits per heavy atom. The topological polar surface area (TPSA) is 37.0 Å². The van der Waals surface area contributed by atoms with Gasteiger partial charge in [-0.3, -0.25) is 0 Å². The van der Waals surface area contributed by atoms with Gasteiger partial charge in [0, 0.05) is 17.6 Å². The molecule has 1 heterocycles. The van der Waals surface area contributed by atoms with Gasteiger partial charge in [-0.2, -0.15) is 0 Å². The van der Waals surface area contributed by atoms with Crippen LogP contribution < -0.4 is 10.1 Å². The van der Waals surface area contributed by atoms with Crippen LogP contribution in [0.4, 0.5) is 0 Å². The highest BCUT2D eigenvalue weighted by Crippen LogP contribution is 2.31. The van der Waals surface area contributed by atoms with Crippen molar-refractivity contribution in [1.29, 1.82) is 0 Å². The Balaban J connectivity index is 2.00. The number of aromatic nitrogens is 1. The molecule has 0 spiro atoms. The molecule has 114 valence electrons. The maximum absolute atomic E-state index is 5.38. The Morgan fingerprint density at radius 2 is 1.95 bits per heavy atom. The summed E-state index contributed by atoms with van der Waals surface area (Å²) in [6.45, 7) is 0.977. The first kappa shape index (κ1) is 14.7. The molecule has 0 aliphatic heterocycles. The summed E-state index contributed by atoms with van der Waals surface area (Å²) < 4.78 is 5.38. The highest BCUT2D eigenvalue weighted by atomic mass is 16.5. The number of benzene rings is 2. The number of rotatable bonds is 6. The third-order valence-corrected chi connectivity index (χ3v) is 4.16. The van der Waals surface area contributed by atoms with E-state index in [4.69, 9.17) is 4.74 Å². The van der Waals surface area contributed by atoms with E-state index < -0.39 is 0 Å². The Bertz CT molecular complexity index is 748. The minimum Gasteiger partial charge on any atom is -0.497 e. The molecule has 2 aromatic carbocycles. The largest absolute Gasteiger partial charge is 0.497 e. The lowest BCUT2D eigenvalue weighted by Crippen LogP contribution is -2.13. The van der Waals surface area contributed by atoms with E-state index in [2.05, 4.69) is 52.8 Å². The van der Waals surface area contributed by atoms with Gasteiger partial charge in [-0.1, -0.05) is 24.3 Å². The number of aromatic amines is 1. The molecule has 0 bridgehead atoms. The van der Waals surface area contributed by atoms with Crippen LogP contribution in [0, 0.1) is 0 Å². The van der Waals surface area contributed by atoms with E-state index in [1.165, 1.54) is 22.0 Å².